The largest absolute Gasteiger partial charge is 0.469 e. The second-order valence-electron chi connectivity index (χ2n) is 6.72. The molecule has 0 unspecified atom stereocenters. The topological polar surface area (TPSA) is 45.3 Å². The van der Waals surface area contributed by atoms with Gasteiger partial charge in [0, 0.05) is 35.6 Å². The number of ether oxygens (including phenoxy) is 1. The summed E-state index contributed by atoms with van der Waals surface area (Å²) in [4.78, 5) is 17.3. The number of piperidine rings is 1. The number of aromatic nitrogens is 1. The van der Waals surface area contributed by atoms with Crippen LogP contribution >= 0.6 is 0 Å². The number of benzene rings is 1. The number of aryl methyl sites for hydroxylation is 1. The van der Waals surface area contributed by atoms with Crippen LogP contribution < -0.4 is 0 Å². The maximum Gasteiger partial charge on any atom is 0.305 e. The number of nitrogens with zero attached hydrogens (tertiary/aromatic N) is 1. The van der Waals surface area contributed by atoms with Crippen LogP contribution in [0.3, 0.4) is 0 Å². The molecule has 0 radical (unpaired) electrons. The lowest BCUT2D eigenvalue weighted by molar-refractivity contribution is -0.141. The number of methoxy groups -OCH3 is 1. The van der Waals surface area contributed by atoms with Crippen LogP contribution in [0.2, 0.25) is 0 Å². The summed E-state index contributed by atoms with van der Waals surface area (Å²) in [5.74, 6) is 0.489. The summed E-state index contributed by atoms with van der Waals surface area (Å²) >= 11 is 0. The van der Waals surface area contributed by atoms with Crippen molar-refractivity contribution in [2.24, 2.45) is 5.92 Å². The highest BCUT2D eigenvalue weighted by Gasteiger charge is 2.29. The molecule has 4 heteroatoms. The maximum atomic E-state index is 11.3. The van der Waals surface area contributed by atoms with Crippen LogP contribution in [0.15, 0.2) is 24.3 Å². The number of para-hydroxylation sites is 1. The third-order valence-electron chi connectivity index (χ3n) is 5.19. The van der Waals surface area contributed by atoms with Crippen molar-refractivity contribution >= 4 is 16.9 Å². The Morgan fingerprint density at radius 2 is 2.13 bits per heavy atom. The summed E-state index contributed by atoms with van der Waals surface area (Å²) in [5, 5.41) is 1.34. The van der Waals surface area contributed by atoms with E-state index in [-0.39, 0.29) is 5.97 Å². The zero-order valence-corrected chi connectivity index (χ0v) is 14.3. The van der Waals surface area contributed by atoms with Crippen LogP contribution in [0.25, 0.3) is 10.9 Å². The quantitative estimate of drug-likeness (QED) is 0.873. The van der Waals surface area contributed by atoms with E-state index in [0.717, 1.165) is 19.4 Å². The number of H-pyrrole nitrogens is 1. The van der Waals surface area contributed by atoms with Gasteiger partial charge in [0.15, 0.2) is 0 Å². The lowest BCUT2D eigenvalue weighted by Crippen LogP contribution is -2.35. The van der Waals surface area contributed by atoms with Crippen molar-refractivity contribution in [1.29, 1.82) is 0 Å². The van der Waals surface area contributed by atoms with Gasteiger partial charge in [-0.05, 0) is 50.8 Å². The Morgan fingerprint density at radius 3 is 2.87 bits per heavy atom. The number of carbonyl (C=O) groups excluding carboxylic acids is 1. The Balaban J connectivity index is 1.73. The van der Waals surface area contributed by atoms with Gasteiger partial charge in [-0.25, -0.2) is 0 Å². The number of hydrogen-bond donors (Lipinski definition) is 1. The number of aromatic amines is 1. The first kappa shape index (κ1) is 16.1. The van der Waals surface area contributed by atoms with Crippen LogP contribution in [0, 0.1) is 12.8 Å². The zero-order valence-electron chi connectivity index (χ0n) is 14.3. The fourth-order valence-corrected chi connectivity index (χ4v) is 3.99. The van der Waals surface area contributed by atoms with E-state index >= 15 is 0 Å². The van der Waals surface area contributed by atoms with Gasteiger partial charge < -0.3 is 9.72 Å². The summed E-state index contributed by atoms with van der Waals surface area (Å²) in [6.07, 6.45) is 3.78. The Labute approximate surface area is 137 Å². The molecule has 1 fully saturated rings. The highest BCUT2D eigenvalue weighted by molar-refractivity contribution is 5.85. The van der Waals surface area contributed by atoms with Gasteiger partial charge in [0.2, 0.25) is 0 Å². The lowest BCUT2D eigenvalue weighted by atomic mass is 9.86. The fourth-order valence-electron chi connectivity index (χ4n) is 3.99. The molecule has 0 spiro atoms. The third-order valence-corrected chi connectivity index (χ3v) is 5.19. The number of hydrogen-bond acceptors (Lipinski definition) is 3. The Bertz CT molecular complexity index is 692. The summed E-state index contributed by atoms with van der Waals surface area (Å²) < 4.78 is 4.76. The molecule has 2 atom stereocenters. The number of rotatable bonds is 4. The summed E-state index contributed by atoms with van der Waals surface area (Å²) in [6.45, 7) is 3.22. The molecule has 1 N–H and O–H groups in total. The van der Waals surface area contributed by atoms with Gasteiger partial charge >= 0.3 is 5.97 Å². The second-order valence-corrected chi connectivity index (χ2v) is 6.72. The minimum absolute atomic E-state index is 0.0951. The van der Waals surface area contributed by atoms with Crippen LogP contribution in [0.5, 0.6) is 0 Å². The molecule has 1 aromatic carbocycles. The first-order valence-electron chi connectivity index (χ1n) is 8.44. The standard InChI is InChI=1S/C19H26N2O2/c1-13-19(15-6-4-5-7-16(15)20-13)17-10-8-14(12-21(17)2)9-11-18(22)23-3/h4-7,14,17,20H,8-12H2,1-3H3/t14-,17+/m1/s1. The SMILES string of the molecule is COC(=O)CC[C@H]1CC[C@@H](c2c(C)[nH]c3ccccc23)N(C)C1. The molecule has 0 saturated carbocycles. The predicted octanol–water partition coefficient (Wildman–Crippen LogP) is 3.81. The minimum atomic E-state index is -0.0951. The van der Waals surface area contributed by atoms with Gasteiger partial charge in [-0.1, -0.05) is 18.2 Å². The highest BCUT2D eigenvalue weighted by atomic mass is 16.5. The average Bonchev–Trinajstić information content (AvgIpc) is 2.88. The molecule has 0 aliphatic carbocycles. The van der Waals surface area contributed by atoms with E-state index in [9.17, 15) is 4.79 Å². The molecule has 0 amide bonds. The molecule has 2 aromatic rings. The van der Waals surface area contributed by atoms with Gasteiger partial charge in [0.05, 0.1) is 7.11 Å². The van der Waals surface area contributed by atoms with Crippen molar-refractivity contribution < 1.29 is 9.53 Å². The molecular formula is C19H26N2O2. The van der Waals surface area contributed by atoms with Gasteiger partial charge in [0.1, 0.15) is 0 Å². The van der Waals surface area contributed by atoms with Gasteiger partial charge in [-0.3, -0.25) is 9.69 Å². The first-order chi connectivity index (χ1) is 11.1. The maximum absolute atomic E-state index is 11.3. The van der Waals surface area contributed by atoms with E-state index in [1.807, 2.05) is 0 Å². The van der Waals surface area contributed by atoms with Crippen molar-refractivity contribution in [1.82, 2.24) is 9.88 Å². The van der Waals surface area contributed by atoms with Crippen molar-refractivity contribution in [3.8, 4) is 0 Å². The Morgan fingerprint density at radius 1 is 1.35 bits per heavy atom. The van der Waals surface area contributed by atoms with Crippen LogP contribution in [-0.2, 0) is 9.53 Å². The van der Waals surface area contributed by atoms with Crippen molar-refractivity contribution in [2.45, 2.75) is 38.6 Å². The van der Waals surface area contributed by atoms with Gasteiger partial charge in [0.25, 0.3) is 0 Å². The predicted molar refractivity (Wildman–Crippen MR) is 92.4 cm³/mol. The molecule has 124 valence electrons. The van der Waals surface area contributed by atoms with E-state index in [1.165, 1.54) is 35.7 Å². The summed E-state index contributed by atoms with van der Waals surface area (Å²) in [5.41, 5.74) is 3.94. The van der Waals surface area contributed by atoms with Crippen LogP contribution in [0.1, 0.15) is 43.0 Å². The summed E-state index contributed by atoms with van der Waals surface area (Å²) in [6, 6.07) is 9.01. The molecule has 1 aromatic heterocycles. The number of nitrogens with one attached hydrogen (secondary N) is 1. The van der Waals surface area contributed by atoms with E-state index in [0.29, 0.717) is 18.4 Å². The van der Waals surface area contributed by atoms with Crippen LogP contribution in [-0.4, -0.2) is 36.6 Å². The average molecular weight is 314 g/mol. The first-order valence-corrected chi connectivity index (χ1v) is 8.44. The number of fused-ring (bicyclic) bond motifs is 1. The number of carbonyl (C=O) groups is 1. The fraction of sp³-hybridized carbons (Fsp3) is 0.526. The molecule has 2 heterocycles. The Kier molecular flexibility index (Phi) is 4.71. The second kappa shape index (κ2) is 6.75. The van der Waals surface area contributed by atoms with Crippen LogP contribution in [0.4, 0.5) is 0 Å². The van der Waals surface area contributed by atoms with Crippen molar-refractivity contribution in [3.05, 3.63) is 35.5 Å². The van der Waals surface area contributed by atoms with E-state index < -0.39 is 0 Å². The number of likely N-dealkylation sites (tertiary alicyclic amines) is 1. The zero-order chi connectivity index (χ0) is 16.4. The normalized spacial score (nSPS) is 22.4. The lowest BCUT2D eigenvalue weighted by Gasteiger charge is -2.37. The monoisotopic (exact) mass is 314 g/mol. The Hall–Kier alpha value is -1.81. The number of esters is 1. The molecule has 1 aliphatic rings. The highest BCUT2D eigenvalue weighted by Crippen LogP contribution is 2.38. The molecular weight excluding hydrogens is 288 g/mol. The van der Waals surface area contributed by atoms with E-state index in [4.69, 9.17) is 4.74 Å². The molecule has 1 saturated heterocycles. The molecule has 1 aliphatic heterocycles. The van der Waals surface area contributed by atoms with Crippen molar-refractivity contribution in [2.75, 3.05) is 20.7 Å². The van der Waals surface area contributed by atoms with E-state index in [2.05, 4.69) is 48.1 Å². The molecule has 23 heavy (non-hydrogen) atoms. The summed E-state index contributed by atoms with van der Waals surface area (Å²) in [7, 11) is 3.67. The molecule has 3 rings (SSSR count). The smallest absolute Gasteiger partial charge is 0.305 e. The minimum Gasteiger partial charge on any atom is -0.469 e. The third kappa shape index (κ3) is 3.27. The molecule has 4 nitrogen and oxygen atoms in total. The van der Waals surface area contributed by atoms with Gasteiger partial charge in [-0.2, -0.15) is 0 Å². The van der Waals surface area contributed by atoms with Gasteiger partial charge in [-0.15, -0.1) is 0 Å². The van der Waals surface area contributed by atoms with E-state index in [1.54, 1.807) is 0 Å². The molecule has 0 bridgehead atoms. The van der Waals surface area contributed by atoms with Crippen molar-refractivity contribution in [3.63, 3.8) is 0 Å².